The number of aromatic nitrogens is 3. The minimum absolute atomic E-state index is 0.185. The van der Waals surface area contributed by atoms with Crippen LogP contribution in [0.2, 0.25) is 0 Å². The van der Waals surface area contributed by atoms with Crippen LogP contribution in [0.5, 0.6) is 0 Å². The fourth-order valence-corrected chi connectivity index (χ4v) is 2.23. The van der Waals surface area contributed by atoms with Gasteiger partial charge in [0.05, 0.1) is 0 Å². The molecule has 2 heterocycles. The molecule has 1 unspecified atom stereocenters. The van der Waals surface area contributed by atoms with Crippen LogP contribution >= 0.6 is 0 Å². The van der Waals surface area contributed by atoms with Crippen LogP contribution in [-0.4, -0.2) is 38.0 Å². The van der Waals surface area contributed by atoms with Gasteiger partial charge in [0, 0.05) is 30.9 Å². The third-order valence-corrected chi connectivity index (χ3v) is 3.64. The maximum atomic E-state index is 12.3. The zero-order chi connectivity index (χ0) is 16.2. The van der Waals surface area contributed by atoms with E-state index in [9.17, 15) is 14.7 Å². The van der Waals surface area contributed by atoms with Gasteiger partial charge in [-0.15, -0.1) is 0 Å². The third kappa shape index (κ3) is 3.88. The summed E-state index contributed by atoms with van der Waals surface area (Å²) in [5.41, 5.74) is 0.983. The van der Waals surface area contributed by atoms with Gasteiger partial charge in [-0.25, -0.2) is 14.8 Å². The summed E-state index contributed by atoms with van der Waals surface area (Å²) in [6.45, 7) is 0. The van der Waals surface area contributed by atoms with Gasteiger partial charge in [0.2, 0.25) is 0 Å². The first-order valence-corrected chi connectivity index (χ1v) is 7.39. The number of carbonyl (C=O) groups excluding carboxylic acids is 1. The molecule has 23 heavy (non-hydrogen) atoms. The van der Waals surface area contributed by atoms with Gasteiger partial charge in [-0.3, -0.25) is 9.78 Å². The van der Waals surface area contributed by atoms with Crippen LogP contribution in [0, 0.1) is 0 Å². The Balaban J connectivity index is 1.70. The number of hydrogen-bond acceptors (Lipinski definition) is 5. The van der Waals surface area contributed by atoms with Crippen molar-refractivity contribution in [3.63, 3.8) is 0 Å². The lowest BCUT2D eigenvalue weighted by Crippen LogP contribution is -2.42. The monoisotopic (exact) mass is 312 g/mol. The van der Waals surface area contributed by atoms with Crippen molar-refractivity contribution in [1.29, 1.82) is 0 Å². The molecule has 2 N–H and O–H groups in total. The van der Waals surface area contributed by atoms with Crippen LogP contribution in [-0.2, 0) is 11.2 Å². The van der Waals surface area contributed by atoms with Gasteiger partial charge in [-0.2, -0.15) is 0 Å². The summed E-state index contributed by atoms with van der Waals surface area (Å²) < 4.78 is 0. The summed E-state index contributed by atoms with van der Waals surface area (Å²) in [6, 6.07) is 3.91. The number of nitrogens with one attached hydrogen (secondary N) is 1. The van der Waals surface area contributed by atoms with E-state index < -0.39 is 17.9 Å². The van der Waals surface area contributed by atoms with Gasteiger partial charge in [0.15, 0.2) is 0 Å². The van der Waals surface area contributed by atoms with Crippen molar-refractivity contribution in [3.05, 3.63) is 53.9 Å². The van der Waals surface area contributed by atoms with E-state index in [2.05, 4.69) is 20.3 Å². The van der Waals surface area contributed by atoms with Crippen LogP contribution < -0.4 is 5.32 Å². The highest BCUT2D eigenvalue weighted by atomic mass is 16.4. The van der Waals surface area contributed by atoms with Crippen molar-refractivity contribution < 1.29 is 14.7 Å². The third-order valence-electron chi connectivity index (χ3n) is 3.64. The molecule has 0 spiro atoms. The number of aliphatic carboxylic acids is 1. The Morgan fingerprint density at radius 1 is 1.22 bits per heavy atom. The molecule has 3 rings (SSSR count). The number of carboxylic acids is 1. The van der Waals surface area contributed by atoms with Crippen LogP contribution in [0.4, 0.5) is 0 Å². The normalized spacial score (nSPS) is 15.0. The Kier molecular flexibility index (Phi) is 4.27. The molecule has 2 aromatic rings. The highest BCUT2D eigenvalue weighted by Crippen LogP contribution is 2.37. The number of pyridine rings is 1. The molecular weight excluding hydrogens is 296 g/mol. The lowest BCUT2D eigenvalue weighted by atomic mass is 10.1. The first-order chi connectivity index (χ1) is 11.1. The van der Waals surface area contributed by atoms with Crippen LogP contribution in [0.3, 0.4) is 0 Å². The second kappa shape index (κ2) is 6.51. The molecule has 7 nitrogen and oxygen atoms in total. The lowest BCUT2D eigenvalue weighted by molar-refractivity contribution is -0.139. The predicted molar refractivity (Wildman–Crippen MR) is 80.8 cm³/mol. The first kappa shape index (κ1) is 15.1. The molecule has 0 aromatic carbocycles. The van der Waals surface area contributed by atoms with E-state index in [1.165, 1.54) is 12.3 Å². The van der Waals surface area contributed by atoms with Crippen molar-refractivity contribution in [2.75, 3.05) is 0 Å². The number of amides is 1. The van der Waals surface area contributed by atoms with Crippen molar-refractivity contribution in [2.45, 2.75) is 31.2 Å². The molecular formula is C16H16N4O3. The van der Waals surface area contributed by atoms with Crippen molar-refractivity contribution >= 4 is 11.9 Å². The van der Waals surface area contributed by atoms with Gasteiger partial charge in [0.25, 0.3) is 5.91 Å². The Morgan fingerprint density at radius 3 is 2.61 bits per heavy atom. The second-order valence-corrected chi connectivity index (χ2v) is 5.50. The summed E-state index contributed by atoms with van der Waals surface area (Å²) in [7, 11) is 0. The number of nitrogens with zero attached hydrogens (tertiary/aromatic N) is 3. The zero-order valence-electron chi connectivity index (χ0n) is 12.3. The van der Waals surface area contributed by atoms with Crippen molar-refractivity contribution in [3.8, 4) is 0 Å². The standard InChI is InChI=1S/C16H16N4O3/c21-15(12-5-8-18-14(19-12)11-1-2-11)20-13(16(22)23)9-10-3-6-17-7-4-10/h3-8,11,13H,1-2,9H2,(H,20,21)(H,22,23). The number of hydrogen-bond donors (Lipinski definition) is 2. The van der Waals surface area contributed by atoms with E-state index in [1.807, 2.05) is 0 Å². The predicted octanol–water partition coefficient (Wildman–Crippen LogP) is 1.17. The quantitative estimate of drug-likeness (QED) is 0.829. The largest absolute Gasteiger partial charge is 0.480 e. The zero-order valence-corrected chi connectivity index (χ0v) is 12.3. The lowest BCUT2D eigenvalue weighted by Gasteiger charge is -2.14. The van der Waals surface area contributed by atoms with Crippen LogP contribution in [0.25, 0.3) is 0 Å². The summed E-state index contributed by atoms with van der Waals surface area (Å²) in [4.78, 5) is 35.9. The molecule has 1 aliphatic carbocycles. The Morgan fingerprint density at radius 2 is 1.96 bits per heavy atom. The maximum Gasteiger partial charge on any atom is 0.326 e. The molecule has 1 saturated carbocycles. The first-order valence-electron chi connectivity index (χ1n) is 7.39. The molecule has 1 atom stereocenters. The number of carboxylic acid groups (broad SMARTS) is 1. The molecule has 1 aliphatic rings. The minimum Gasteiger partial charge on any atom is -0.480 e. The summed E-state index contributed by atoms with van der Waals surface area (Å²) >= 11 is 0. The fourth-order valence-electron chi connectivity index (χ4n) is 2.23. The molecule has 118 valence electrons. The molecule has 0 saturated heterocycles. The van der Waals surface area contributed by atoms with Gasteiger partial charge >= 0.3 is 5.97 Å². The fraction of sp³-hybridized carbons (Fsp3) is 0.312. The molecule has 0 radical (unpaired) electrons. The van der Waals surface area contributed by atoms with E-state index in [0.717, 1.165) is 18.4 Å². The number of carbonyl (C=O) groups is 2. The van der Waals surface area contributed by atoms with Crippen LogP contribution in [0.1, 0.15) is 40.6 Å². The summed E-state index contributed by atoms with van der Waals surface area (Å²) in [5.74, 6) is -0.615. The Bertz CT molecular complexity index is 716. The molecule has 7 heteroatoms. The van der Waals surface area contributed by atoms with E-state index in [1.54, 1.807) is 24.5 Å². The Labute approximate surface area is 132 Å². The molecule has 2 aromatic heterocycles. The molecule has 1 fully saturated rings. The smallest absolute Gasteiger partial charge is 0.326 e. The van der Waals surface area contributed by atoms with Gasteiger partial charge in [-0.1, -0.05) is 0 Å². The highest BCUT2D eigenvalue weighted by Gasteiger charge is 2.28. The van der Waals surface area contributed by atoms with Gasteiger partial charge < -0.3 is 10.4 Å². The van der Waals surface area contributed by atoms with E-state index >= 15 is 0 Å². The highest BCUT2D eigenvalue weighted by molar-refractivity contribution is 5.95. The summed E-state index contributed by atoms with van der Waals surface area (Å²) in [5, 5.41) is 11.8. The van der Waals surface area contributed by atoms with Crippen molar-refractivity contribution in [1.82, 2.24) is 20.3 Å². The maximum absolute atomic E-state index is 12.3. The van der Waals surface area contributed by atoms with E-state index in [-0.39, 0.29) is 12.1 Å². The van der Waals surface area contributed by atoms with Gasteiger partial charge in [-0.05, 0) is 36.6 Å². The number of rotatable bonds is 6. The van der Waals surface area contributed by atoms with Gasteiger partial charge in [0.1, 0.15) is 17.6 Å². The molecule has 0 bridgehead atoms. The average Bonchev–Trinajstić information content (AvgIpc) is 3.40. The second-order valence-electron chi connectivity index (χ2n) is 5.50. The SMILES string of the molecule is O=C(NC(Cc1ccncc1)C(=O)O)c1ccnc(C2CC2)n1. The minimum atomic E-state index is -1.09. The van der Waals surface area contributed by atoms with E-state index in [4.69, 9.17) is 0 Å². The van der Waals surface area contributed by atoms with E-state index in [0.29, 0.717) is 11.7 Å². The average molecular weight is 312 g/mol. The summed E-state index contributed by atoms with van der Waals surface area (Å²) in [6.07, 6.45) is 6.96. The topological polar surface area (TPSA) is 105 Å². The van der Waals surface area contributed by atoms with Crippen molar-refractivity contribution in [2.24, 2.45) is 0 Å². The Hall–Kier alpha value is -2.83. The molecule has 1 amide bonds. The molecule has 0 aliphatic heterocycles. The van der Waals surface area contributed by atoms with Crippen LogP contribution in [0.15, 0.2) is 36.8 Å².